The van der Waals surface area contributed by atoms with E-state index in [-0.39, 0.29) is 6.04 Å². The summed E-state index contributed by atoms with van der Waals surface area (Å²) in [6.07, 6.45) is 3.25. The largest absolute Gasteiger partial charge is 0.477 e. The summed E-state index contributed by atoms with van der Waals surface area (Å²) in [5, 5.41) is 13.3. The molecule has 18 heavy (non-hydrogen) atoms. The summed E-state index contributed by atoms with van der Waals surface area (Å²) in [6, 6.07) is 1.99. The second-order valence-corrected chi connectivity index (χ2v) is 4.49. The van der Waals surface area contributed by atoms with Crippen LogP contribution in [0.4, 0.5) is 0 Å². The van der Waals surface area contributed by atoms with Crippen molar-refractivity contribution in [3.63, 3.8) is 0 Å². The van der Waals surface area contributed by atoms with E-state index in [1.807, 2.05) is 13.8 Å². The van der Waals surface area contributed by atoms with Gasteiger partial charge in [-0.1, -0.05) is 0 Å². The monoisotopic (exact) mass is 248 g/mol. The van der Waals surface area contributed by atoms with E-state index in [1.54, 1.807) is 28.4 Å². The van der Waals surface area contributed by atoms with Crippen LogP contribution in [0, 0.1) is 6.92 Å². The number of aromatic nitrogens is 4. The quantitative estimate of drug-likeness (QED) is 0.894. The topological polar surface area (TPSA) is 72.9 Å². The highest BCUT2D eigenvalue weighted by Crippen LogP contribution is 2.13. The molecule has 6 nitrogen and oxygen atoms in total. The molecule has 2 rings (SSSR count). The van der Waals surface area contributed by atoms with Gasteiger partial charge in [-0.3, -0.25) is 0 Å². The lowest BCUT2D eigenvalue weighted by Crippen LogP contribution is -2.15. The summed E-state index contributed by atoms with van der Waals surface area (Å²) in [5.41, 5.74) is 1.05. The van der Waals surface area contributed by atoms with E-state index in [4.69, 9.17) is 0 Å². The number of carboxylic acids is 1. The smallest absolute Gasteiger partial charge is 0.352 e. The minimum atomic E-state index is -0.923. The minimum absolute atomic E-state index is 0.201. The molecule has 0 aliphatic carbocycles. The van der Waals surface area contributed by atoms with Gasteiger partial charge < -0.3 is 9.67 Å². The molecule has 0 aliphatic heterocycles. The van der Waals surface area contributed by atoms with Crippen molar-refractivity contribution in [3.05, 3.63) is 35.7 Å². The molecular formula is C12H16N4O2. The van der Waals surface area contributed by atoms with Gasteiger partial charge in [-0.25, -0.2) is 14.5 Å². The number of hydrogen-bond acceptors (Lipinski definition) is 3. The Morgan fingerprint density at radius 3 is 2.83 bits per heavy atom. The van der Waals surface area contributed by atoms with Crippen molar-refractivity contribution in [1.82, 2.24) is 19.3 Å². The molecule has 0 bridgehead atoms. The first kappa shape index (κ1) is 12.3. The molecule has 2 aromatic rings. The molecule has 0 unspecified atom stereocenters. The zero-order valence-electron chi connectivity index (χ0n) is 10.7. The van der Waals surface area contributed by atoms with Crippen LogP contribution in [-0.2, 0) is 6.54 Å². The summed E-state index contributed by atoms with van der Waals surface area (Å²) in [7, 11) is 0. The predicted octanol–water partition coefficient (Wildman–Crippen LogP) is 1.72. The lowest BCUT2D eigenvalue weighted by atomic mass is 10.3. The zero-order valence-corrected chi connectivity index (χ0v) is 10.7. The van der Waals surface area contributed by atoms with Gasteiger partial charge in [0.05, 0.1) is 6.54 Å². The molecule has 6 heteroatoms. The summed E-state index contributed by atoms with van der Waals surface area (Å²) < 4.78 is 3.47. The fourth-order valence-electron chi connectivity index (χ4n) is 1.98. The Hall–Kier alpha value is -2.11. The Balaban J connectivity index is 2.35. The average Bonchev–Trinajstić information content (AvgIpc) is 2.86. The zero-order chi connectivity index (χ0) is 13.3. The van der Waals surface area contributed by atoms with E-state index < -0.39 is 5.97 Å². The van der Waals surface area contributed by atoms with E-state index in [2.05, 4.69) is 10.1 Å². The lowest BCUT2D eigenvalue weighted by Gasteiger charge is -2.11. The summed E-state index contributed by atoms with van der Waals surface area (Å²) in [5.74, 6) is -0.170. The molecule has 0 saturated heterocycles. The molecule has 96 valence electrons. The van der Waals surface area contributed by atoms with Gasteiger partial charge in [0.25, 0.3) is 0 Å². The van der Waals surface area contributed by atoms with Crippen LogP contribution in [-0.4, -0.2) is 30.4 Å². The lowest BCUT2D eigenvalue weighted by molar-refractivity contribution is 0.0684. The molecule has 1 N–H and O–H groups in total. The SMILES string of the molecule is Cc1ccn(Cc2ncnn2C(C)C)c1C(=O)O. The number of hydrogen-bond donors (Lipinski definition) is 1. The number of carboxylic acid groups (broad SMARTS) is 1. The third-order valence-electron chi connectivity index (χ3n) is 2.82. The molecule has 0 aromatic carbocycles. The molecule has 0 saturated carbocycles. The van der Waals surface area contributed by atoms with Crippen molar-refractivity contribution in [2.45, 2.75) is 33.4 Å². The Morgan fingerprint density at radius 2 is 2.22 bits per heavy atom. The Kier molecular flexibility index (Phi) is 3.18. The molecule has 0 atom stereocenters. The Morgan fingerprint density at radius 1 is 1.50 bits per heavy atom. The van der Waals surface area contributed by atoms with Crippen molar-refractivity contribution in [3.8, 4) is 0 Å². The van der Waals surface area contributed by atoms with E-state index in [0.29, 0.717) is 12.2 Å². The fourth-order valence-corrected chi connectivity index (χ4v) is 1.98. The van der Waals surface area contributed by atoms with Crippen LogP contribution in [0.3, 0.4) is 0 Å². The van der Waals surface area contributed by atoms with Crippen LogP contribution in [0.15, 0.2) is 18.6 Å². The van der Waals surface area contributed by atoms with Gasteiger partial charge >= 0.3 is 5.97 Å². The highest BCUT2D eigenvalue weighted by Gasteiger charge is 2.16. The van der Waals surface area contributed by atoms with E-state index in [1.165, 1.54) is 6.33 Å². The first-order valence-electron chi connectivity index (χ1n) is 5.78. The molecule has 0 fully saturated rings. The molecule has 0 aliphatic rings. The van der Waals surface area contributed by atoms with E-state index in [0.717, 1.165) is 11.4 Å². The van der Waals surface area contributed by atoms with Gasteiger partial charge in [0.1, 0.15) is 17.8 Å². The maximum Gasteiger partial charge on any atom is 0.352 e. The van der Waals surface area contributed by atoms with Gasteiger partial charge in [0.15, 0.2) is 0 Å². The third-order valence-corrected chi connectivity index (χ3v) is 2.82. The number of nitrogens with zero attached hydrogens (tertiary/aromatic N) is 4. The molecule has 0 amide bonds. The normalized spacial score (nSPS) is 11.1. The summed E-state index contributed by atoms with van der Waals surface area (Å²) >= 11 is 0. The van der Waals surface area contributed by atoms with Gasteiger partial charge in [-0.15, -0.1) is 0 Å². The second-order valence-electron chi connectivity index (χ2n) is 4.49. The molecule has 2 aromatic heterocycles. The fraction of sp³-hybridized carbons (Fsp3) is 0.417. The van der Waals surface area contributed by atoms with Crippen molar-refractivity contribution in [2.24, 2.45) is 0 Å². The van der Waals surface area contributed by atoms with Crippen LogP contribution in [0.1, 0.15) is 41.8 Å². The highest BCUT2D eigenvalue weighted by atomic mass is 16.4. The Bertz CT molecular complexity index is 568. The maximum atomic E-state index is 11.2. The minimum Gasteiger partial charge on any atom is -0.477 e. The molecule has 0 spiro atoms. The summed E-state index contributed by atoms with van der Waals surface area (Å²) in [6.45, 7) is 6.22. The molecule has 2 heterocycles. The number of carbonyl (C=O) groups is 1. The van der Waals surface area contributed by atoms with Crippen molar-refractivity contribution < 1.29 is 9.90 Å². The average molecular weight is 248 g/mol. The first-order chi connectivity index (χ1) is 8.50. The van der Waals surface area contributed by atoms with E-state index >= 15 is 0 Å². The second kappa shape index (κ2) is 4.64. The molecular weight excluding hydrogens is 232 g/mol. The van der Waals surface area contributed by atoms with E-state index in [9.17, 15) is 9.90 Å². The van der Waals surface area contributed by atoms with Crippen LogP contribution >= 0.6 is 0 Å². The van der Waals surface area contributed by atoms with Crippen molar-refractivity contribution >= 4 is 5.97 Å². The predicted molar refractivity (Wildman–Crippen MR) is 65.6 cm³/mol. The third kappa shape index (κ3) is 2.13. The number of rotatable bonds is 4. The number of aromatic carboxylic acids is 1. The van der Waals surface area contributed by atoms with Crippen LogP contribution in [0.2, 0.25) is 0 Å². The van der Waals surface area contributed by atoms with Gasteiger partial charge in [-0.05, 0) is 32.4 Å². The highest BCUT2D eigenvalue weighted by molar-refractivity contribution is 5.87. The number of aryl methyl sites for hydroxylation is 1. The van der Waals surface area contributed by atoms with Gasteiger partial charge in [0, 0.05) is 12.2 Å². The standard InChI is InChI=1S/C12H16N4O2/c1-8(2)16-10(13-7-14-16)6-15-5-4-9(3)11(15)12(17)18/h4-5,7-8H,6H2,1-3H3,(H,17,18). The summed E-state index contributed by atoms with van der Waals surface area (Å²) in [4.78, 5) is 15.4. The van der Waals surface area contributed by atoms with Crippen LogP contribution in [0.25, 0.3) is 0 Å². The molecule has 0 radical (unpaired) electrons. The van der Waals surface area contributed by atoms with Gasteiger partial charge in [0.2, 0.25) is 0 Å². The van der Waals surface area contributed by atoms with Crippen molar-refractivity contribution in [2.75, 3.05) is 0 Å². The van der Waals surface area contributed by atoms with Crippen LogP contribution in [0.5, 0.6) is 0 Å². The van der Waals surface area contributed by atoms with Crippen LogP contribution < -0.4 is 0 Å². The Labute approximate surface area is 105 Å². The van der Waals surface area contributed by atoms with Crippen molar-refractivity contribution in [1.29, 1.82) is 0 Å². The first-order valence-corrected chi connectivity index (χ1v) is 5.78. The maximum absolute atomic E-state index is 11.2. The van der Waals surface area contributed by atoms with Gasteiger partial charge in [-0.2, -0.15) is 5.10 Å².